The van der Waals surface area contributed by atoms with Crippen molar-refractivity contribution in [3.8, 4) is 5.75 Å². The first-order valence-corrected chi connectivity index (χ1v) is 6.83. The quantitative estimate of drug-likeness (QED) is 0.461. The van der Waals surface area contributed by atoms with Crippen molar-refractivity contribution in [1.29, 1.82) is 0 Å². The average molecular weight is 347 g/mol. The van der Waals surface area contributed by atoms with Crippen LogP contribution in [0.3, 0.4) is 0 Å². The van der Waals surface area contributed by atoms with Crippen molar-refractivity contribution in [1.82, 2.24) is 5.32 Å². The molecule has 1 N–H and O–H groups in total. The van der Waals surface area contributed by atoms with Gasteiger partial charge in [-0.1, -0.05) is 15.9 Å². The van der Waals surface area contributed by atoms with Gasteiger partial charge in [0, 0.05) is 18.5 Å². The lowest BCUT2D eigenvalue weighted by molar-refractivity contribution is -0.384. The van der Waals surface area contributed by atoms with Crippen LogP contribution in [-0.4, -0.2) is 43.0 Å². The van der Waals surface area contributed by atoms with Gasteiger partial charge < -0.3 is 14.8 Å². The molecule has 0 bridgehead atoms. The number of carbonyl (C=O) groups excluding carboxylic acids is 1. The number of nitro groups is 1. The number of rotatable bonds is 7. The molecule has 0 saturated heterocycles. The van der Waals surface area contributed by atoms with Crippen molar-refractivity contribution in [2.75, 3.05) is 26.2 Å². The first-order chi connectivity index (χ1) is 9.53. The first-order valence-electron chi connectivity index (χ1n) is 5.71. The summed E-state index contributed by atoms with van der Waals surface area (Å²) in [4.78, 5) is 22.3. The number of alkyl halides is 1. The Labute approximate surface area is 124 Å². The second-order valence-electron chi connectivity index (χ2n) is 3.92. The van der Waals surface area contributed by atoms with E-state index in [2.05, 4.69) is 21.2 Å². The monoisotopic (exact) mass is 346 g/mol. The Morgan fingerprint density at radius 3 is 2.70 bits per heavy atom. The smallest absolute Gasteiger partial charge is 0.273 e. The molecule has 110 valence electrons. The number of amides is 1. The third kappa shape index (κ3) is 4.17. The summed E-state index contributed by atoms with van der Waals surface area (Å²) in [5, 5.41) is 14.0. The molecular weight excluding hydrogens is 332 g/mol. The number of hydrogen-bond donors (Lipinski definition) is 1. The zero-order valence-electron chi connectivity index (χ0n) is 11.1. The molecule has 0 saturated carbocycles. The van der Waals surface area contributed by atoms with Crippen LogP contribution in [0, 0.1) is 10.1 Å². The van der Waals surface area contributed by atoms with Crippen molar-refractivity contribution < 1.29 is 19.2 Å². The summed E-state index contributed by atoms with van der Waals surface area (Å²) in [5.74, 6) is -0.222. The number of hydrogen-bond acceptors (Lipinski definition) is 5. The Bertz CT molecular complexity index is 495. The summed E-state index contributed by atoms with van der Waals surface area (Å²) in [5.41, 5.74) is 0.104. The Hall–Kier alpha value is -1.67. The fourth-order valence-corrected chi connectivity index (χ4v) is 1.92. The Morgan fingerprint density at radius 2 is 2.20 bits per heavy atom. The molecule has 20 heavy (non-hydrogen) atoms. The van der Waals surface area contributed by atoms with Gasteiger partial charge in [-0.2, -0.15) is 0 Å². The number of non-ortho nitro benzene ring substituents is 1. The van der Waals surface area contributed by atoms with E-state index in [-0.39, 0.29) is 28.9 Å². The van der Waals surface area contributed by atoms with Crippen molar-refractivity contribution >= 4 is 27.5 Å². The van der Waals surface area contributed by atoms with Gasteiger partial charge in [0.15, 0.2) is 0 Å². The second-order valence-corrected chi connectivity index (χ2v) is 4.57. The number of nitrogens with zero attached hydrogens (tertiary/aromatic N) is 1. The maximum atomic E-state index is 12.1. The highest BCUT2D eigenvalue weighted by atomic mass is 79.9. The Balaban J connectivity index is 2.94. The lowest BCUT2D eigenvalue weighted by Gasteiger charge is -2.16. The molecule has 0 aliphatic rings. The van der Waals surface area contributed by atoms with Crippen LogP contribution >= 0.6 is 15.9 Å². The van der Waals surface area contributed by atoms with Crippen LogP contribution in [0.4, 0.5) is 5.69 Å². The highest BCUT2D eigenvalue weighted by Crippen LogP contribution is 2.24. The fraction of sp³-hybridized carbons (Fsp3) is 0.417. The zero-order valence-corrected chi connectivity index (χ0v) is 12.7. The van der Waals surface area contributed by atoms with E-state index in [1.54, 1.807) is 0 Å². The minimum atomic E-state index is -0.545. The van der Waals surface area contributed by atoms with Crippen LogP contribution in [0.1, 0.15) is 10.4 Å². The van der Waals surface area contributed by atoms with Gasteiger partial charge in [-0.25, -0.2) is 0 Å². The molecule has 0 aromatic heterocycles. The highest BCUT2D eigenvalue weighted by molar-refractivity contribution is 9.09. The Morgan fingerprint density at radius 1 is 1.50 bits per heavy atom. The van der Waals surface area contributed by atoms with E-state index in [1.165, 1.54) is 32.4 Å². The molecule has 1 unspecified atom stereocenters. The number of nitrogens with one attached hydrogen (secondary N) is 1. The number of methoxy groups -OCH3 is 2. The third-order valence-electron chi connectivity index (χ3n) is 2.53. The van der Waals surface area contributed by atoms with E-state index in [4.69, 9.17) is 9.47 Å². The predicted octanol–water partition coefficient (Wildman–Crippen LogP) is 1.74. The minimum Gasteiger partial charge on any atom is -0.496 e. The molecule has 8 heteroatoms. The van der Waals surface area contributed by atoms with Gasteiger partial charge >= 0.3 is 0 Å². The lowest BCUT2D eigenvalue weighted by Crippen LogP contribution is -2.39. The Kier molecular flexibility index (Phi) is 6.40. The molecule has 0 spiro atoms. The molecule has 0 heterocycles. The molecule has 1 amide bonds. The van der Waals surface area contributed by atoms with Crippen LogP contribution in [0.25, 0.3) is 0 Å². The number of ether oxygens (including phenoxy) is 2. The number of halogens is 1. The molecule has 0 aliphatic carbocycles. The zero-order chi connectivity index (χ0) is 15.1. The van der Waals surface area contributed by atoms with Gasteiger partial charge in [0.05, 0.1) is 36.3 Å². The molecule has 0 radical (unpaired) electrons. The molecule has 0 fully saturated rings. The summed E-state index contributed by atoms with van der Waals surface area (Å²) in [6.45, 7) is 0.353. The molecule has 0 aliphatic heterocycles. The summed E-state index contributed by atoms with van der Waals surface area (Å²) in [6.07, 6.45) is 0. The lowest BCUT2D eigenvalue weighted by atomic mass is 10.1. The normalized spacial score (nSPS) is 11.8. The van der Waals surface area contributed by atoms with Gasteiger partial charge in [-0.05, 0) is 6.07 Å². The largest absolute Gasteiger partial charge is 0.496 e. The fourth-order valence-electron chi connectivity index (χ4n) is 1.57. The third-order valence-corrected chi connectivity index (χ3v) is 3.31. The maximum Gasteiger partial charge on any atom is 0.273 e. The molecule has 7 nitrogen and oxygen atoms in total. The minimum absolute atomic E-state index is 0.132. The molecule has 1 aromatic carbocycles. The van der Waals surface area contributed by atoms with E-state index in [0.29, 0.717) is 11.9 Å². The van der Waals surface area contributed by atoms with E-state index in [0.717, 1.165) is 0 Å². The van der Waals surface area contributed by atoms with Crippen LogP contribution < -0.4 is 10.1 Å². The number of nitro benzene ring substituents is 1. The van der Waals surface area contributed by atoms with Crippen LogP contribution in [-0.2, 0) is 4.74 Å². The SMILES string of the molecule is COCC(CBr)NC(=O)c1ccc([N+](=O)[O-])cc1OC. The van der Waals surface area contributed by atoms with Gasteiger partial charge in [-0.3, -0.25) is 14.9 Å². The molecular formula is C12H15BrN2O5. The van der Waals surface area contributed by atoms with Gasteiger partial charge in [0.1, 0.15) is 5.75 Å². The maximum absolute atomic E-state index is 12.1. The molecule has 1 aromatic rings. The van der Waals surface area contributed by atoms with Crippen molar-refractivity contribution in [2.24, 2.45) is 0 Å². The van der Waals surface area contributed by atoms with Crippen LogP contribution in [0.2, 0.25) is 0 Å². The highest BCUT2D eigenvalue weighted by Gasteiger charge is 2.19. The van der Waals surface area contributed by atoms with Crippen molar-refractivity contribution in [3.05, 3.63) is 33.9 Å². The van der Waals surface area contributed by atoms with E-state index in [1.807, 2.05) is 0 Å². The number of benzene rings is 1. The molecule has 1 rings (SSSR count). The van der Waals surface area contributed by atoms with Crippen molar-refractivity contribution in [2.45, 2.75) is 6.04 Å². The topological polar surface area (TPSA) is 90.7 Å². The van der Waals surface area contributed by atoms with E-state index < -0.39 is 4.92 Å². The van der Waals surface area contributed by atoms with E-state index in [9.17, 15) is 14.9 Å². The predicted molar refractivity (Wildman–Crippen MR) is 76.6 cm³/mol. The van der Waals surface area contributed by atoms with Crippen LogP contribution in [0.15, 0.2) is 18.2 Å². The molecule has 1 atom stereocenters. The summed E-state index contributed by atoms with van der Waals surface area (Å²) < 4.78 is 10.00. The first kappa shape index (κ1) is 16.4. The van der Waals surface area contributed by atoms with Gasteiger partial charge in [0.25, 0.3) is 11.6 Å². The summed E-state index contributed by atoms with van der Waals surface area (Å²) in [7, 11) is 2.89. The van der Waals surface area contributed by atoms with Gasteiger partial charge in [0.2, 0.25) is 0 Å². The summed E-state index contributed by atoms with van der Waals surface area (Å²) in [6, 6.07) is 3.64. The van der Waals surface area contributed by atoms with Crippen molar-refractivity contribution in [3.63, 3.8) is 0 Å². The van der Waals surface area contributed by atoms with Gasteiger partial charge in [-0.15, -0.1) is 0 Å². The van der Waals surface area contributed by atoms with E-state index >= 15 is 0 Å². The second kappa shape index (κ2) is 7.81. The standard InChI is InChI=1S/C12H15BrN2O5/c1-19-7-8(6-13)14-12(16)10-4-3-9(15(17)18)5-11(10)20-2/h3-5,8H,6-7H2,1-2H3,(H,14,16). The average Bonchev–Trinajstić information content (AvgIpc) is 2.45. The summed E-state index contributed by atoms with van der Waals surface area (Å²) >= 11 is 3.27. The number of carbonyl (C=O) groups is 1. The van der Waals surface area contributed by atoms with Crippen LogP contribution in [0.5, 0.6) is 5.75 Å².